The van der Waals surface area contributed by atoms with Crippen LogP contribution < -0.4 is 15.6 Å². The highest BCUT2D eigenvalue weighted by molar-refractivity contribution is 9.10. The maximum Gasteiger partial charge on any atom is 0.276 e. The molecule has 0 aromatic heterocycles. The largest absolute Gasteiger partial charge is 0.483 e. The zero-order valence-corrected chi connectivity index (χ0v) is 16.7. The lowest BCUT2D eigenvalue weighted by atomic mass is 10.0. The molecule has 2 aromatic carbocycles. The first-order valence-electron chi connectivity index (χ1n) is 8.51. The van der Waals surface area contributed by atoms with Crippen LogP contribution in [0.15, 0.2) is 46.9 Å². The standard InChI is InChI=1S/C20H23BrN2O3/c1-4-14-5-10-18(17(21)11-14)26-12-19(24)22-23-20(25)16-8-6-15(7-9-16)13(2)3/h5-11,13H,4,12H2,1-3H3,(H,22,24)(H,23,25). The molecule has 0 radical (unpaired) electrons. The van der Waals surface area contributed by atoms with E-state index >= 15 is 0 Å². The highest BCUT2D eigenvalue weighted by Gasteiger charge is 2.10. The molecule has 0 aliphatic rings. The summed E-state index contributed by atoms with van der Waals surface area (Å²) in [5.41, 5.74) is 7.54. The van der Waals surface area contributed by atoms with Gasteiger partial charge in [-0.15, -0.1) is 0 Å². The maximum absolute atomic E-state index is 12.1. The van der Waals surface area contributed by atoms with Gasteiger partial charge in [-0.3, -0.25) is 20.4 Å². The molecule has 0 saturated carbocycles. The normalized spacial score (nSPS) is 10.5. The molecule has 2 amide bonds. The van der Waals surface area contributed by atoms with Crippen molar-refractivity contribution in [1.29, 1.82) is 0 Å². The van der Waals surface area contributed by atoms with E-state index in [2.05, 4.69) is 47.6 Å². The molecule has 0 fully saturated rings. The topological polar surface area (TPSA) is 67.4 Å². The van der Waals surface area contributed by atoms with Crippen molar-refractivity contribution in [3.05, 3.63) is 63.6 Å². The van der Waals surface area contributed by atoms with Gasteiger partial charge in [0.2, 0.25) is 0 Å². The van der Waals surface area contributed by atoms with Crippen LogP contribution in [0, 0.1) is 0 Å². The summed E-state index contributed by atoms with van der Waals surface area (Å²) in [5, 5.41) is 0. The fourth-order valence-corrected chi connectivity index (χ4v) is 2.82. The highest BCUT2D eigenvalue weighted by Crippen LogP contribution is 2.26. The fourth-order valence-electron chi connectivity index (χ4n) is 2.28. The van der Waals surface area contributed by atoms with Crippen molar-refractivity contribution in [2.75, 3.05) is 6.61 Å². The molecule has 138 valence electrons. The molecule has 0 aliphatic carbocycles. The minimum atomic E-state index is -0.441. The van der Waals surface area contributed by atoms with Gasteiger partial charge in [0.15, 0.2) is 6.61 Å². The highest BCUT2D eigenvalue weighted by atomic mass is 79.9. The predicted octanol–water partition coefficient (Wildman–Crippen LogP) is 3.97. The second-order valence-corrected chi connectivity index (χ2v) is 7.04. The van der Waals surface area contributed by atoms with Gasteiger partial charge >= 0.3 is 0 Å². The molecule has 2 N–H and O–H groups in total. The van der Waals surface area contributed by atoms with Gasteiger partial charge in [-0.05, 0) is 63.7 Å². The van der Waals surface area contributed by atoms with Crippen molar-refractivity contribution < 1.29 is 14.3 Å². The third-order valence-corrected chi connectivity index (χ3v) is 4.54. The van der Waals surface area contributed by atoms with Crippen LogP contribution in [0.4, 0.5) is 0 Å². The molecule has 0 saturated heterocycles. The monoisotopic (exact) mass is 418 g/mol. The molecule has 5 nitrogen and oxygen atoms in total. The van der Waals surface area contributed by atoms with Crippen LogP contribution in [0.3, 0.4) is 0 Å². The minimum absolute atomic E-state index is 0.198. The lowest BCUT2D eigenvalue weighted by Crippen LogP contribution is -2.43. The average molecular weight is 419 g/mol. The Morgan fingerprint density at radius 3 is 2.35 bits per heavy atom. The van der Waals surface area contributed by atoms with Gasteiger partial charge in [0.1, 0.15) is 5.75 Å². The number of carbonyl (C=O) groups excluding carboxylic acids is 2. The molecule has 2 aromatic rings. The Balaban J connectivity index is 1.82. The van der Waals surface area contributed by atoms with Crippen LogP contribution in [0.2, 0.25) is 0 Å². The smallest absolute Gasteiger partial charge is 0.276 e. The third kappa shape index (κ3) is 5.59. The summed E-state index contributed by atoms with van der Waals surface area (Å²) in [7, 11) is 0. The SMILES string of the molecule is CCc1ccc(OCC(=O)NNC(=O)c2ccc(C(C)C)cc2)c(Br)c1. The van der Waals surface area contributed by atoms with E-state index < -0.39 is 5.91 Å². The zero-order valence-electron chi connectivity index (χ0n) is 15.1. The summed E-state index contributed by atoms with van der Waals surface area (Å²) < 4.78 is 6.26. The molecule has 0 heterocycles. The van der Waals surface area contributed by atoms with E-state index in [0.29, 0.717) is 17.2 Å². The number of rotatable bonds is 6. The Bertz CT molecular complexity index is 773. The van der Waals surface area contributed by atoms with Gasteiger partial charge in [0, 0.05) is 5.56 Å². The maximum atomic E-state index is 12.1. The summed E-state index contributed by atoms with van der Waals surface area (Å²) in [6.45, 7) is 6.04. The first-order valence-corrected chi connectivity index (χ1v) is 9.30. The molecule has 0 unspecified atom stereocenters. The van der Waals surface area contributed by atoms with E-state index in [1.807, 2.05) is 30.3 Å². The number of hydrazine groups is 1. The number of halogens is 1. The van der Waals surface area contributed by atoms with Crippen molar-refractivity contribution in [3.63, 3.8) is 0 Å². The third-order valence-electron chi connectivity index (χ3n) is 3.92. The van der Waals surface area contributed by atoms with Crippen LogP contribution in [0.5, 0.6) is 5.75 Å². The molecular formula is C20H23BrN2O3. The molecular weight excluding hydrogens is 396 g/mol. The number of aryl methyl sites for hydroxylation is 1. The number of ether oxygens (including phenoxy) is 1. The summed E-state index contributed by atoms with van der Waals surface area (Å²) in [4.78, 5) is 23.9. The van der Waals surface area contributed by atoms with Crippen LogP contribution in [0.25, 0.3) is 0 Å². The Morgan fingerprint density at radius 2 is 1.77 bits per heavy atom. The van der Waals surface area contributed by atoms with Crippen LogP contribution in [0.1, 0.15) is 48.2 Å². The molecule has 0 bridgehead atoms. The predicted molar refractivity (Wildman–Crippen MR) is 105 cm³/mol. The molecule has 0 atom stereocenters. The van der Waals surface area contributed by atoms with Gasteiger partial charge in [0.05, 0.1) is 4.47 Å². The number of carbonyl (C=O) groups is 2. The van der Waals surface area contributed by atoms with Crippen molar-refractivity contribution >= 4 is 27.7 Å². The first-order chi connectivity index (χ1) is 12.4. The van der Waals surface area contributed by atoms with E-state index in [1.54, 1.807) is 12.1 Å². The summed E-state index contributed by atoms with van der Waals surface area (Å²) in [5.74, 6) is 0.161. The summed E-state index contributed by atoms with van der Waals surface area (Å²) in [6.07, 6.45) is 0.920. The molecule has 0 aliphatic heterocycles. The van der Waals surface area contributed by atoms with Gasteiger partial charge in [-0.2, -0.15) is 0 Å². The first kappa shape index (κ1) is 20.0. The van der Waals surface area contributed by atoms with E-state index in [-0.39, 0.29) is 12.5 Å². The van der Waals surface area contributed by atoms with Gasteiger partial charge in [-0.25, -0.2) is 0 Å². The second-order valence-electron chi connectivity index (χ2n) is 6.19. The molecule has 0 spiro atoms. The number of hydrogen-bond acceptors (Lipinski definition) is 3. The van der Waals surface area contributed by atoms with Crippen molar-refractivity contribution in [1.82, 2.24) is 10.9 Å². The molecule has 6 heteroatoms. The van der Waals surface area contributed by atoms with Crippen molar-refractivity contribution in [2.45, 2.75) is 33.1 Å². The van der Waals surface area contributed by atoms with E-state index in [1.165, 1.54) is 5.56 Å². The molecule has 26 heavy (non-hydrogen) atoms. The lowest BCUT2D eigenvalue weighted by Gasteiger charge is -2.11. The summed E-state index contributed by atoms with van der Waals surface area (Å²) >= 11 is 3.42. The van der Waals surface area contributed by atoms with Crippen LogP contribution in [-0.2, 0) is 11.2 Å². The Labute approximate surface area is 162 Å². The second kappa shape index (κ2) is 9.38. The summed E-state index contributed by atoms with van der Waals surface area (Å²) in [6, 6.07) is 13.0. The number of nitrogens with one attached hydrogen (secondary N) is 2. The van der Waals surface area contributed by atoms with Crippen molar-refractivity contribution in [2.24, 2.45) is 0 Å². The van der Waals surface area contributed by atoms with Crippen molar-refractivity contribution in [3.8, 4) is 5.75 Å². The lowest BCUT2D eigenvalue weighted by molar-refractivity contribution is -0.123. The quantitative estimate of drug-likeness (QED) is 0.697. The van der Waals surface area contributed by atoms with Gasteiger partial charge in [0.25, 0.3) is 11.8 Å². The average Bonchev–Trinajstić information content (AvgIpc) is 2.65. The van der Waals surface area contributed by atoms with Gasteiger partial charge in [-0.1, -0.05) is 39.0 Å². The van der Waals surface area contributed by atoms with Crippen LogP contribution >= 0.6 is 15.9 Å². The zero-order chi connectivity index (χ0) is 19.1. The van der Waals surface area contributed by atoms with Gasteiger partial charge < -0.3 is 4.74 Å². The minimum Gasteiger partial charge on any atom is -0.483 e. The van der Waals surface area contributed by atoms with Crippen LogP contribution in [-0.4, -0.2) is 18.4 Å². The Hall–Kier alpha value is -2.34. The number of amides is 2. The fraction of sp³-hybridized carbons (Fsp3) is 0.300. The number of benzene rings is 2. The molecule has 2 rings (SSSR count). The Morgan fingerprint density at radius 1 is 1.08 bits per heavy atom. The van der Waals surface area contributed by atoms with E-state index in [0.717, 1.165) is 16.5 Å². The Kier molecular flexibility index (Phi) is 7.21. The van der Waals surface area contributed by atoms with E-state index in [4.69, 9.17) is 4.74 Å². The number of hydrogen-bond donors (Lipinski definition) is 2. The van der Waals surface area contributed by atoms with E-state index in [9.17, 15) is 9.59 Å².